The van der Waals surface area contributed by atoms with Gasteiger partial charge in [-0.1, -0.05) is 35.0 Å². The van der Waals surface area contributed by atoms with E-state index in [1.54, 1.807) is 36.1 Å². The predicted molar refractivity (Wildman–Crippen MR) is 151 cm³/mol. The third-order valence-corrected chi connectivity index (χ3v) is 7.75. The van der Waals surface area contributed by atoms with Gasteiger partial charge in [-0.05, 0) is 75.6 Å². The summed E-state index contributed by atoms with van der Waals surface area (Å²) in [5, 5.41) is 2.95. The van der Waals surface area contributed by atoms with Crippen molar-refractivity contribution in [1.82, 2.24) is 10.2 Å². The number of nitrogens with zero attached hydrogens (tertiary/aromatic N) is 2. The van der Waals surface area contributed by atoms with Gasteiger partial charge in [0.05, 0.1) is 18.6 Å². The summed E-state index contributed by atoms with van der Waals surface area (Å²) < 4.78 is 32.6. The Morgan fingerprint density at radius 2 is 1.65 bits per heavy atom. The lowest BCUT2D eigenvalue weighted by Gasteiger charge is -2.30. The van der Waals surface area contributed by atoms with Crippen molar-refractivity contribution in [1.29, 1.82) is 0 Å². The van der Waals surface area contributed by atoms with Crippen molar-refractivity contribution in [3.05, 3.63) is 58.6 Å². The smallest absolute Gasteiger partial charge is 0.242 e. The molecular formula is C27H38BrN3O5S. The summed E-state index contributed by atoms with van der Waals surface area (Å²) in [6, 6.07) is 13.7. The third-order valence-electron chi connectivity index (χ3n) is 6.02. The van der Waals surface area contributed by atoms with Crippen LogP contribution in [-0.2, 0) is 26.2 Å². The maximum Gasteiger partial charge on any atom is 0.242 e. The summed E-state index contributed by atoms with van der Waals surface area (Å²) in [6.45, 7) is 8.43. The number of amides is 2. The normalized spacial score (nSPS) is 12.9. The summed E-state index contributed by atoms with van der Waals surface area (Å²) in [5.41, 5.74) is 1.40. The number of hydrogen-bond acceptors (Lipinski definition) is 5. The Balaban J connectivity index is 2.15. The minimum atomic E-state index is -3.56. The molecule has 2 amide bonds. The van der Waals surface area contributed by atoms with E-state index >= 15 is 0 Å². The van der Waals surface area contributed by atoms with Gasteiger partial charge in [-0.15, -0.1) is 0 Å². The molecule has 0 fully saturated rings. The first-order valence-electron chi connectivity index (χ1n) is 12.5. The second kappa shape index (κ2) is 14.4. The highest BCUT2D eigenvalue weighted by Gasteiger charge is 2.27. The van der Waals surface area contributed by atoms with Crippen LogP contribution in [0.3, 0.4) is 0 Å². The number of halogens is 1. The first kappa shape index (κ1) is 30.6. The van der Waals surface area contributed by atoms with Crippen LogP contribution in [0.15, 0.2) is 53.0 Å². The van der Waals surface area contributed by atoms with Gasteiger partial charge in [0.2, 0.25) is 21.8 Å². The van der Waals surface area contributed by atoms with Crippen LogP contribution in [0.5, 0.6) is 5.75 Å². The molecule has 0 radical (unpaired) electrons. The Morgan fingerprint density at radius 1 is 1.03 bits per heavy atom. The number of rotatable bonds is 14. The highest BCUT2D eigenvalue weighted by atomic mass is 79.9. The Hall–Kier alpha value is -2.59. The molecule has 0 aromatic heterocycles. The van der Waals surface area contributed by atoms with E-state index < -0.39 is 16.1 Å². The van der Waals surface area contributed by atoms with Crippen LogP contribution >= 0.6 is 15.9 Å². The third kappa shape index (κ3) is 9.66. The molecular weight excluding hydrogens is 558 g/mol. The number of sulfonamides is 1. The lowest BCUT2D eigenvalue weighted by atomic mass is 10.1. The fourth-order valence-electron chi connectivity index (χ4n) is 3.71. The van der Waals surface area contributed by atoms with E-state index in [0.29, 0.717) is 24.5 Å². The van der Waals surface area contributed by atoms with Crippen LogP contribution < -0.4 is 14.4 Å². The molecule has 0 aliphatic heterocycles. The molecule has 2 aromatic rings. The molecule has 0 bridgehead atoms. The molecule has 1 N–H and O–H groups in total. The Kier molecular flexibility index (Phi) is 11.9. The number of anilines is 1. The highest BCUT2D eigenvalue weighted by Crippen LogP contribution is 2.23. The summed E-state index contributed by atoms with van der Waals surface area (Å²) in [7, 11) is -3.56. The number of hydrogen-bond donors (Lipinski definition) is 1. The molecule has 0 unspecified atom stereocenters. The van der Waals surface area contributed by atoms with Crippen molar-refractivity contribution < 1.29 is 22.7 Å². The Labute approximate surface area is 229 Å². The van der Waals surface area contributed by atoms with Crippen molar-refractivity contribution in [3.8, 4) is 5.75 Å². The largest absolute Gasteiger partial charge is 0.494 e. The number of carbonyl (C=O) groups is 2. The molecule has 0 saturated heterocycles. The van der Waals surface area contributed by atoms with Crippen LogP contribution in [0.25, 0.3) is 0 Å². The van der Waals surface area contributed by atoms with E-state index in [-0.39, 0.29) is 37.4 Å². The van der Waals surface area contributed by atoms with Crippen molar-refractivity contribution in [2.45, 2.75) is 65.6 Å². The molecule has 2 aromatic carbocycles. The monoisotopic (exact) mass is 595 g/mol. The fraction of sp³-hybridized carbons (Fsp3) is 0.481. The van der Waals surface area contributed by atoms with Gasteiger partial charge in [0, 0.05) is 30.0 Å². The van der Waals surface area contributed by atoms with Gasteiger partial charge in [-0.3, -0.25) is 13.9 Å². The van der Waals surface area contributed by atoms with Crippen molar-refractivity contribution in [2.75, 3.05) is 23.7 Å². The van der Waals surface area contributed by atoms with Gasteiger partial charge in [-0.25, -0.2) is 8.42 Å². The van der Waals surface area contributed by atoms with Gasteiger partial charge >= 0.3 is 0 Å². The summed E-state index contributed by atoms with van der Waals surface area (Å²) >= 11 is 3.42. The second-order valence-electron chi connectivity index (χ2n) is 9.01. The van der Waals surface area contributed by atoms with Gasteiger partial charge in [0.15, 0.2) is 0 Å². The lowest BCUT2D eigenvalue weighted by molar-refractivity contribution is -0.140. The molecule has 0 aliphatic carbocycles. The summed E-state index contributed by atoms with van der Waals surface area (Å²) in [5.74, 6) is 0.227. The zero-order valence-corrected chi connectivity index (χ0v) is 24.6. The first-order valence-corrected chi connectivity index (χ1v) is 15.1. The fourth-order valence-corrected chi connectivity index (χ4v) is 4.94. The molecule has 8 nitrogen and oxygen atoms in total. The predicted octanol–water partition coefficient (Wildman–Crippen LogP) is 4.73. The molecule has 37 heavy (non-hydrogen) atoms. The van der Waals surface area contributed by atoms with E-state index in [4.69, 9.17) is 4.74 Å². The maximum atomic E-state index is 13.4. The van der Waals surface area contributed by atoms with Crippen molar-refractivity contribution in [3.63, 3.8) is 0 Å². The van der Waals surface area contributed by atoms with Gasteiger partial charge in [-0.2, -0.15) is 0 Å². The van der Waals surface area contributed by atoms with Crippen molar-refractivity contribution in [2.24, 2.45) is 0 Å². The minimum Gasteiger partial charge on any atom is -0.494 e. The minimum absolute atomic E-state index is 0.00276. The maximum absolute atomic E-state index is 13.4. The topological polar surface area (TPSA) is 96.0 Å². The molecule has 0 spiro atoms. The number of benzene rings is 2. The number of nitrogens with one attached hydrogen (secondary N) is 1. The molecule has 10 heteroatoms. The van der Waals surface area contributed by atoms with E-state index in [9.17, 15) is 18.0 Å². The van der Waals surface area contributed by atoms with Gasteiger partial charge in [0.25, 0.3) is 0 Å². The zero-order valence-electron chi connectivity index (χ0n) is 22.2. The molecule has 2 atom stereocenters. The second-order valence-corrected chi connectivity index (χ2v) is 11.8. The van der Waals surface area contributed by atoms with Crippen molar-refractivity contribution >= 4 is 43.5 Å². The highest BCUT2D eigenvalue weighted by molar-refractivity contribution is 9.10. The molecule has 2 rings (SSSR count). The molecule has 0 saturated carbocycles. The average Bonchev–Trinajstić information content (AvgIpc) is 2.85. The zero-order chi connectivity index (χ0) is 27.6. The van der Waals surface area contributed by atoms with Crippen LogP contribution in [-0.4, -0.2) is 56.6 Å². The SMILES string of the molecule is CCOc1ccc(N(CCCC(=O)N(Cc2ccc(Br)cc2)[C@H](C)C(=O)N[C@H](C)CC)S(C)(=O)=O)cc1. The summed E-state index contributed by atoms with van der Waals surface area (Å²) in [6.07, 6.45) is 2.33. The Morgan fingerprint density at radius 3 is 2.19 bits per heavy atom. The van der Waals surface area contributed by atoms with Gasteiger partial charge < -0.3 is 15.0 Å². The van der Waals surface area contributed by atoms with E-state index in [1.165, 1.54) is 4.31 Å². The number of ether oxygens (including phenoxy) is 1. The van der Waals surface area contributed by atoms with Crippen LogP contribution in [0.1, 0.15) is 52.5 Å². The average molecular weight is 597 g/mol. The number of carbonyl (C=O) groups excluding carboxylic acids is 2. The van der Waals surface area contributed by atoms with Crippen LogP contribution in [0.2, 0.25) is 0 Å². The first-order chi connectivity index (χ1) is 17.5. The summed E-state index contributed by atoms with van der Waals surface area (Å²) in [4.78, 5) is 27.8. The van der Waals surface area contributed by atoms with E-state index in [2.05, 4.69) is 21.2 Å². The molecule has 204 valence electrons. The van der Waals surface area contributed by atoms with Crippen LogP contribution in [0, 0.1) is 0 Å². The molecule has 0 aliphatic rings. The molecule has 0 heterocycles. The lowest BCUT2D eigenvalue weighted by Crippen LogP contribution is -2.49. The van der Waals surface area contributed by atoms with E-state index in [1.807, 2.05) is 45.0 Å². The standard InChI is InChI=1S/C27H38BrN3O5S/c1-6-20(3)29-27(33)21(4)30(19-22-10-12-23(28)13-11-22)26(32)9-8-18-31(37(5,34)35)24-14-16-25(17-15-24)36-7-2/h10-17,20-21H,6-9,18-19H2,1-5H3,(H,29,33)/t20-,21-/m1/s1. The van der Waals surface area contributed by atoms with E-state index in [0.717, 1.165) is 22.7 Å². The quantitative estimate of drug-likeness (QED) is 0.341. The van der Waals surface area contributed by atoms with Crippen LogP contribution in [0.4, 0.5) is 5.69 Å². The Bertz CT molecular complexity index is 1120. The van der Waals surface area contributed by atoms with Gasteiger partial charge in [0.1, 0.15) is 11.8 Å².